The maximum atomic E-state index is 12.3. The summed E-state index contributed by atoms with van der Waals surface area (Å²) in [5, 5.41) is 13.2. The number of anilines is 2. The summed E-state index contributed by atoms with van der Waals surface area (Å²) in [5.41, 5.74) is 1.06. The number of hydrogen-bond acceptors (Lipinski definition) is 7. The van der Waals surface area contributed by atoms with Gasteiger partial charge in [-0.05, 0) is 24.3 Å². The molecular formula is C20H21F3N6O4. The van der Waals surface area contributed by atoms with Crippen LogP contribution in [0.1, 0.15) is 16.3 Å². The van der Waals surface area contributed by atoms with E-state index in [1.165, 1.54) is 0 Å². The highest BCUT2D eigenvalue weighted by Gasteiger charge is 2.38. The van der Waals surface area contributed by atoms with E-state index < -0.39 is 12.1 Å². The zero-order valence-electron chi connectivity index (χ0n) is 17.2. The number of rotatable bonds is 5. The fraction of sp³-hybridized carbons (Fsp3) is 0.300. The van der Waals surface area contributed by atoms with Gasteiger partial charge in [0.1, 0.15) is 11.6 Å². The quantitative estimate of drug-likeness (QED) is 0.523. The summed E-state index contributed by atoms with van der Waals surface area (Å²) in [6.07, 6.45) is 1.94. The van der Waals surface area contributed by atoms with Crippen LogP contribution in [0.5, 0.6) is 0 Å². The molecule has 13 heteroatoms. The molecule has 0 spiro atoms. The number of carboxylic acid groups (broad SMARTS) is 1. The Balaban J connectivity index is 0.000000383. The molecule has 0 bridgehead atoms. The molecule has 0 aliphatic carbocycles. The molecule has 3 N–H and O–H groups in total. The van der Waals surface area contributed by atoms with Crippen molar-refractivity contribution in [2.45, 2.75) is 12.7 Å². The van der Waals surface area contributed by atoms with Gasteiger partial charge in [-0.2, -0.15) is 13.2 Å². The van der Waals surface area contributed by atoms with Crippen LogP contribution in [0.25, 0.3) is 0 Å². The van der Waals surface area contributed by atoms with Crippen molar-refractivity contribution >= 4 is 23.4 Å². The van der Waals surface area contributed by atoms with E-state index in [1.54, 1.807) is 30.9 Å². The van der Waals surface area contributed by atoms with E-state index in [4.69, 9.17) is 14.3 Å². The van der Waals surface area contributed by atoms with Crippen molar-refractivity contribution in [1.29, 1.82) is 0 Å². The lowest BCUT2D eigenvalue weighted by molar-refractivity contribution is -0.192. The number of pyridine rings is 1. The molecule has 1 saturated heterocycles. The molecule has 3 aromatic rings. The molecule has 1 amide bonds. The summed E-state index contributed by atoms with van der Waals surface area (Å²) < 4.78 is 39.2. The number of carboxylic acids is 1. The van der Waals surface area contributed by atoms with Gasteiger partial charge in [0.25, 0.3) is 5.91 Å². The summed E-state index contributed by atoms with van der Waals surface area (Å²) in [7, 11) is 0. The second kappa shape index (κ2) is 10.6. The third kappa shape index (κ3) is 7.07. The first-order valence-electron chi connectivity index (χ1n) is 9.80. The van der Waals surface area contributed by atoms with Crippen LogP contribution in [0.3, 0.4) is 0 Å². The predicted molar refractivity (Wildman–Crippen MR) is 111 cm³/mol. The number of aliphatic carboxylic acids is 1. The second-order valence-electron chi connectivity index (χ2n) is 6.90. The van der Waals surface area contributed by atoms with Crippen molar-refractivity contribution in [1.82, 2.24) is 19.9 Å². The van der Waals surface area contributed by atoms with Gasteiger partial charge in [0, 0.05) is 38.6 Å². The van der Waals surface area contributed by atoms with Crippen molar-refractivity contribution in [2.24, 2.45) is 0 Å². The number of aromatic nitrogens is 3. The minimum atomic E-state index is -5.08. The Labute approximate surface area is 186 Å². The lowest BCUT2D eigenvalue weighted by Gasteiger charge is -2.29. The molecule has 0 saturated carbocycles. The molecule has 0 atom stereocenters. The molecular weight excluding hydrogens is 445 g/mol. The molecule has 1 fully saturated rings. The van der Waals surface area contributed by atoms with Gasteiger partial charge >= 0.3 is 12.1 Å². The third-order valence-electron chi connectivity index (χ3n) is 4.50. The van der Waals surface area contributed by atoms with Gasteiger partial charge < -0.3 is 29.6 Å². The van der Waals surface area contributed by atoms with Gasteiger partial charge in [0.2, 0.25) is 0 Å². The highest BCUT2D eigenvalue weighted by Crippen LogP contribution is 2.17. The Hall–Kier alpha value is -3.87. The van der Waals surface area contributed by atoms with E-state index in [9.17, 15) is 18.0 Å². The molecule has 4 rings (SSSR count). The zero-order valence-corrected chi connectivity index (χ0v) is 17.2. The van der Waals surface area contributed by atoms with Gasteiger partial charge in [-0.3, -0.25) is 4.79 Å². The largest absolute Gasteiger partial charge is 0.490 e. The molecule has 1 aliphatic rings. The van der Waals surface area contributed by atoms with Crippen LogP contribution in [-0.4, -0.2) is 63.9 Å². The smallest absolute Gasteiger partial charge is 0.475 e. The maximum absolute atomic E-state index is 12.3. The summed E-state index contributed by atoms with van der Waals surface area (Å²) in [4.78, 5) is 31.8. The van der Waals surface area contributed by atoms with E-state index in [0.29, 0.717) is 18.1 Å². The molecule has 0 aromatic carbocycles. The first-order chi connectivity index (χ1) is 15.7. The van der Waals surface area contributed by atoms with Gasteiger partial charge in [-0.25, -0.2) is 14.8 Å². The molecule has 176 valence electrons. The predicted octanol–water partition coefficient (Wildman–Crippen LogP) is 2.21. The van der Waals surface area contributed by atoms with Gasteiger partial charge in [-0.1, -0.05) is 0 Å². The van der Waals surface area contributed by atoms with E-state index in [2.05, 4.69) is 25.5 Å². The number of nitrogens with zero attached hydrogens (tertiary/aromatic N) is 4. The van der Waals surface area contributed by atoms with Crippen LogP contribution in [-0.2, 0) is 11.3 Å². The SMILES string of the molecule is O=C(Nc1ccc(N2CCNCC2)cn1)c1ccc(Cn2ccnc2)o1.O=C(O)C(F)(F)F. The van der Waals surface area contributed by atoms with Crippen LogP contribution >= 0.6 is 0 Å². The van der Waals surface area contributed by atoms with Gasteiger partial charge in [-0.15, -0.1) is 0 Å². The van der Waals surface area contributed by atoms with Crippen molar-refractivity contribution in [3.8, 4) is 0 Å². The summed E-state index contributed by atoms with van der Waals surface area (Å²) in [6, 6.07) is 7.23. The molecule has 0 radical (unpaired) electrons. The highest BCUT2D eigenvalue weighted by molar-refractivity contribution is 6.01. The summed E-state index contributed by atoms with van der Waals surface area (Å²) >= 11 is 0. The van der Waals surface area contributed by atoms with Gasteiger partial charge in [0.05, 0.1) is 24.8 Å². The molecule has 1 aliphatic heterocycles. The van der Waals surface area contributed by atoms with Crippen molar-refractivity contribution in [3.05, 3.63) is 60.7 Å². The van der Waals surface area contributed by atoms with E-state index in [0.717, 1.165) is 31.9 Å². The average Bonchev–Trinajstić information content (AvgIpc) is 3.47. The number of carbonyl (C=O) groups excluding carboxylic acids is 1. The molecule has 0 unspecified atom stereocenters. The van der Waals surface area contributed by atoms with Crippen LogP contribution in [0.2, 0.25) is 0 Å². The lowest BCUT2D eigenvalue weighted by atomic mass is 10.3. The fourth-order valence-corrected chi connectivity index (χ4v) is 2.89. The number of halogens is 3. The number of carbonyl (C=O) groups is 2. The highest BCUT2D eigenvalue weighted by atomic mass is 19.4. The fourth-order valence-electron chi connectivity index (χ4n) is 2.89. The Morgan fingerprint density at radius 2 is 1.91 bits per heavy atom. The van der Waals surface area contributed by atoms with Crippen molar-refractivity contribution < 1.29 is 32.3 Å². The molecule has 10 nitrogen and oxygen atoms in total. The number of furan rings is 1. The van der Waals surface area contributed by atoms with Gasteiger partial charge in [0.15, 0.2) is 5.76 Å². The minimum Gasteiger partial charge on any atom is -0.475 e. The Bertz CT molecular complexity index is 1040. The zero-order chi connectivity index (χ0) is 23.8. The van der Waals surface area contributed by atoms with E-state index >= 15 is 0 Å². The van der Waals surface area contributed by atoms with E-state index in [1.807, 2.05) is 22.9 Å². The first-order valence-corrected chi connectivity index (χ1v) is 9.80. The Morgan fingerprint density at radius 1 is 1.18 bits per heavy atom. The Kier molecular flexibility index (Phi) is 7.66. The lowest BCUT2D eigenvalue weighted by Crippen LogP contribution is -2.43. The number of piperazine rings is 1. The number of alkyl halides is 3. The number of nitrogens with one attached hydrogen (secondary N) is 2. The van der Waals surface area contributed by atoms with Crippen molar-refractivity contribution in [2.75, 3.05) is 36.4 Å². The monoisotopic (exact) mass is 466 g/mol. The first kappa shape index (κ1) is 23.8. The minimum absolute atomic E-state index is 0.257. The topological polar surface area (TPSA) is 126 Å². The Morgan fingerprint density at radius 3 is 2.48 bits per heavy atom. The summed E-state index contributed by atoms with van der Waals surface area (Å²) in [6.45, 7) is 4.39. The summed E-state index contributed by atoms with van der Waals surface area (Å²) in [5.74, 6) is -1.62. The normalized spacial score (nSPS) is 13.7. The second-order valence-corrected chi connectivity index (χ2v) is 6.90. The van der Waals surface area contributed by atoms with Crippen LogP contribution in [0.4, 0.5) is 24.7 Å². The molecule has 4 heterocycles. The molecule has 3 aromatic heterocycles. The third-order valence-corrected chi connectivity index (χ3v) is 4.50. The van der Waals surface area contributed by atoms with Crippen LogP contribution in [0, 0.1) is 0 Å². The van der Waals surface area contributed by atoms with Crippen molar-refractivity contribution in [3.63, 3.8) is 0 Å². The number of hydrogen-bond donors (Lipinski definition) is 3. The molecule has 33 heavy (non-hydrogen) atoms. The number of amides is 1. The van der Waals surface area contributed by atoms with Crippen LogP contribution in [0.15, 0.2) is 53.6 Å². The van der Waals surface area contributed by atoms with E-state index in [-0.39, 0.29) is 11.7 Å². The number of imidazole rings is 1. The standard InChI is InChI=1S/C18H20N6O2.C2HF3O2/c25-18(16-3-2-15(26-16)12-23-8-5-20-13-23)22-17-4-1-14(11-21-17)24-9-6-19-7-10-24;3-2(4,5)1(6)7/h1-5,8,11,13,19H,6-7,9-10,12H2,(H,21,22,25);(H,6,7). The average molecular weight is 466 g/mol. The van der Waals surface area contributed by atoms with Crippen LogP contribution < -0.4 is 15.5 Å². The maximum Gasteiger partial charge on any atom is 0.490 e.